The van der Waals surface area contributed by atoms with Crippen molar-refractivity contribution in [2.75, 3.05) is 32.3 Å². The number of urea groups is 1. The predicted octanol–water partition coefficient (Wildman–Crippen LogP) is 2.19. The molecule has 2 aromatic carbocycles. The topological polar surface area (TPSA) is 103 Å². The second kappa shape index (κ2) is 10.00. The number of methoxy groups -OCH3 is 1. The highest BCUT2D eigenvalue weighted by Gasteiger charge is 2.51. The lowest BCUT2D eigenvalue weighted by Gasteiger charge is -2.50. The number of halogens is 1. The summed E-state index contributed by atoms with van der Waals surface area (Å²) in [5.41, 5.74) is 1.35. The zero-order chi connectivity index (χ0) is 24.4. The summed E-state index contributed by atoms with van der Waals surface area (Å²) in [6, 6.07) is 12.6. The van der Waals surface area contributed by atoms with Crippen molar-refractivity contribution in [3.63, 3.8) is 0 Å². The van der Waals surface area contributed by atoms with Gasteiger partial charge in [-0.2, -0.15) is 0 Å². The summed E-state index contributed by atoms with van der Waals surface area (Å²) >= 11 is 1.28. The Morgan fingerprint density at radius 3 is 2.59 bits per heavy atom. The molecule has 0 radical (unpaired) electrons. The Bertz CT molecular complexity index is 1090. The molecule has 4 atom stereocenters. The van der Waals surface area contributed by atoms with Crippen LogP contribution in [0.3, 0.4) is 0 Å². The number of carbonyl (C=O) groups is 3. The Kier molecular flexibility index (Phi) is 7.05. The third-order valence-corrected chi connectivity index (χ3v) is 7.12. The minimum absolute atomic E-state index is 0.0723. The van der Waals surface area contributed by atoms with Gasteiger partial charge in [0, 0.05) is 25.8 Å². The monoisotopic (exact) mass is 487 g/mol. The molecule has 180 valence electrons. The predicted molar refractivity (Wildman–Crippen MR) is 126 cm³/mol. The Balaban J connectivity index is 1.52. The highest BCUT2D eigenvalue weighted by atomic mass is 32.2. The average molecular weight is 488 g/mol. The Morgan fingerprint density at radius 1 is 1.15 bits per heavy atom. The fourth-order valence-corrected chi connectivity index (χ4v) is 5.22. The van der Waals surface area contributed by atoms with E-state index >= 15 is 0 Å². The first kappa shape index (κ1) is 24.0. The maximum atomic E-state index is 13.4. The summed E-state index contributed by atoms with van der Waals surface area (Å²) in [4.78, 5) is 40.8. The summed E-state index contributed by atoms with van der Waals surface area (Å²) in [6.07, 6.45) is -1.04. The van der Waals surface area contributed by atoms with Gasteiger partial charge in [0.05, 0.1) is 36.5 Å². The molecule has 0 spiro atoms. The van der Waals surface area contributed by atoms with Crippen LogP contribution in [0.5, 0.6) is 5.75 Å². The standard InChI is InChI=1S/C23H26FN5O4S/c1-28-20-18(22(31)29(2)23(28)32)21(27-19(26-20)13-7-9-14(24)10-8-13)34-12-17(30)25-15-5-4-6-16(11-15)33-3/h4-11,18-21,26-27H,12H2,1-3H3,(H,25,30). The van der Waals surface area contributed by atoms with Gasteiger partial charge in [-0.1, -0.05) is 18.2 Å². The van der Waals surface area contributed by atoms with E-state index in [4.69, 9.17) is 4.74 Å². The van der Waals surface area contributed by atoms with Gasteiger partial charge in [-0.15, -0.1) is 11.8 Å². The van der Waals surface area contributed by atoms with Crippen LogP contribution in [0.1, 0.15) is 11.7 Å². The lowest BCUT2D eigenvalue weighted by molar-refractivity contribution is -0.140. The van der Waals surface area contributed by atoms with Crippen LogP contribution < -0.4 is 20.7 Å². The zero-order valence-electron chi connectivity index (χ0n) is 18.9. The third kappa shape index (κ3) is 4.86. The number of thioether (sulfide) groups is 1. The molecule has 34 heavy (non-hydrogen) atoms. The zero-order valence-corrected chi connectivity index (χ0v) is 19.8. The first-order valence-corrected chi connectivity index (χ1v) is 11.7. The first-order valence-electron chi connectivity index (χ1n) is 10.7. The molecule has 2 aliphatic heterocycles. The fraction of sp³-hybridized carbons (Fsp3) is 0.348. The van der Waals surface area contributed by atoms with E-state index < -0.39 is 29.7 Å². The molecule has 0 aromatic heterocycles. The number of nitrogens with zero attached hydrogens (tertiary/aromatic N) is 2. The summed E-state index contributed by atoms with van der Waals surface area (Å²) < 4.78 is 18.6. The third-order valence-electron chi connectivity index (χ3n) is 5.91. The number of carbonyl (C=O) groups excluding carboxylic acids is 3. The molecule has 2 fully saturated rings. The molecule has 2 heterocycles. The molecule has 0 aliphatic carbocycles. The van der Waals surface area contributed by atoms with E-state index in [9.17, 15) is 18.8 Å². The van der Waals surface area contributed by atoms with E-state index in [0.717, 1.165) is 10.5 Å². The largest absolute Gasteiger partial charge is 0.497 e. The van der Waals surface area contributed by atoms with E-state index in [1.165, 1.54) is 35.8 Å². The van der Waals surface area contributed by atoms with Crippen LogP contribution >= 0.6 is 11.8 Å². The minimum atomic E-state index is -0.626. The van der Waals surface area contributed by atoms with Crippen molar-refractivity contribution in [3.8, 4) is 5.75 Å². The SMILES string of the molecule is COc1cccc(NC(=O)CSC2NC(c3ccc(F)cc3)NC3C2C(=O)N(C)C(=O)N3C)c1. The van der Waals surface area contributed by atoms with Crippen molar-refractivity contribution in [3.05, 3.63) is 59.9 Å². The van der Waals surface area contributed by atoms with Crippen molar-refractivity contribution >= 4 is 35.3 Å². The van der Waals surface area contributed by atoms with Crippen LogP contribution in [0.2, 0.25) is 0 Å². The molecule has 3 N–H and O–H groups in total. The van der Waals surface area contributed by atoms with Gasteiger partial charge in [0.15, 0.2) is 0 Å². The number of hydrogen-bond donors (Lipinski definition) is 3. The number of benzene rings is 2. The summed E-state index contributed by atoms with van der Waals surface area (Å²) in [7, 11) is 4.62. The molecule has 0 saturated carbocycles. The van der Waals surface area contributed by atoms with Crippen molar-refractivity contribution in [2.45, 2.75) is 17.7 Å². The molecule has 0 bridgehead atoms. The Morgan fingerprint density at radius 2 is 1.88 bits per heavy atom. The molecular formula is C23H26FN5O4S. The maximum Gasteiger partial charge on any atom is 0.327 e. The number of amides is 4. The number of rotatable bonds is 6. The van der Waals surface area contributed by atoms with Crippen molar-refractivity contribution in [1.29, 1.82) is 0 Å². The highest BCUT2D eigenvalue weighted by Crippen LogP contribution is 2.34. The summed E-state index contributed by atoms with van der Waals surface area (Å²) in [5.74, 6) is -0.869. The average Bonchev–Trinajstić information content (AvgIpc) is 2.85. The number of ether oxygens (including phenoxy) is 1. The number of fused-ring (bicyclic) bond motifs is 1. The van der Waals surface area contributed by atoms with Crippen LogP contribution in [0.4, 0.5) is 14.9 Å². The highest BCUT2D eigenvalue weighted by molar-refractivity contribution is 8.00. The molecular weight excluding hydrogens is 461 g/mol. The van der Waals surface area contributed by atoms with Gasteiger partial charge in [-0.05, 0) is 29.8 Å². The molecule has 4 rings (SSSR count). The molecule has 4 unspecified atom stereocenters. The van der Waals surface area contributed by atoms with Crippen LogP contribution in [0.25, 0.3) is 0 Å². The van der Waals surface area contributed by atoms with Gasteiger partial charge >= 0.3 is 6.03 Å². The van der Waals surface area contributed by atoms with E-state index in [0.29, 0.717) is 11.4 Å². The Hall–Kier alpha value is -3.15. The lowest BCUT2D eigenvalue weighted by Crippen LogP contribution is -2.72. The van der Waals surface area contributed by atoms with Gasteiger partial charge in [-0.3, -0.25) is 25.1 Å². The van der Waals surface area contributed by atoms with Gasteiger partial charge in [0.1, 0.15) is 11.6 Å². The lowest BCUT2D eigenvalue weighted by atomic mass is 9.96. The van der Waals surface area contributed by atoms with Crippen LogP contribution in [-0.4, -0.2) is 66.1 Å². The molecule has 4 amide bonds. The first-order chi connectivity index (χ1) is 16.3. The normalized spacial score (nSPS) is 24.6. The molecule has 2 aromatic rings. The second-order valence-corrected chi connectivity index (χ2v) is 9.22. The number of hydrogen-bond acceptors (Lipinski definition) is 7. The summed E-state index contributed by atoms with van der Waals surface area (Å²) in [5, 5.41) is 8.99. The number of imide groups is 1. The van der Waals surface area contributed by atoms with Crippen molar-refractivity contribution < 1.29 is 23.5 Å². The maximum absolute atomic E-state index is 13.4. The summed E-state index contributed by atoms with van der Waals surface area (Å²) in [6.45, 7) is 0. The second-order valence-electron chi connectivity index (χ2n) is 8.09. The van der Waals surface area contributed by atoms with Crippen LogP contribution in [-0.2, 0) is 9.59 Å². The van der Waals surface area contributed by atoms with Gasteiger partial charge < -0.3 is 15.0 Å². The van der Waals surface area contributed by atoms with E-state index in [2.05, 4.69) is 16.0 Å². The Labute approximate surface area is 201 Å². The van der Waals surface area contributed by atoms with Crippen molar-refractivity contribution in [2.24, 2.45) is 5.92 Å². The minimum Gasteiger partial charge on any atom is -0.497 e. The van der Waals surface area contributed by atoms with Gasteiger partial charge in [-0.25, -0.2) is 9.18 Å². The van der Waals surface area contributed by atoms with Gasteiger partial charge in [0.2, 0.25) is 11.8 Å². The van der Waals surface area contributed by atoms with E-state index in [-0.39, 0.29) is 23.4 Å². The fourth-order valence-electron chi connectivity index (χ4n) is 4.11. The number of anilines is 1. The smallest absolute Gasteiger partial charge is 0.327 e. The molecule has 2 aliphatic rings. The molecule has 9 nitrogen and oxygen atoms in total. The quantitative estimate of drug-likeness (QED) is 0.574. The van der Waals surface area contributed by atoms with E-state index in [1.807, 2.05) is 0 Å². The van der Waals surface area contributed by atoms with Gasteiger partial charge in [0.25, 0.3) is 0 Å². The van der Waals surface area contributed by atoms with Crippen molar-refractivity contribution in [1.82, 2.24) is 20.4 Å². The van der Waals surface area contributed by atoms with E-state index in [1.54, 1.807) is 50.6 Å². The van der Waals surface area contributed by atoms with Crippen LogP contribution in [0.15, 0.2) is 48.5 Å². The van der Waals surface area contributed by atoms with Crippen LogP contribution in [0, 0.1) is 11.7 Å². The number of nitrogens with one attached hydrogen (secondary N) is 3. The molecule has 11 heteroatoms. The molecule has 2 saturated heterocycles.